The van der Waals surface area contributed by atoms with Gasteiger partial charge in [0.2, 0.25) is 0 Å². The maximum Gasteiger partial charge on any atom is -0.0108 e. The third kappa shape index (κ3) is 2.12. The van der Waals surface area contributed by atoms with Gasteiger partial charge in [0, 0.05) is 0 Å². The molecule has 0 aliphatic rings. The Labute approximate surface area is 104 Å². The number of benzene rings is 2. The first-order chi connectivity index (χ1) is 8.15. The highest BCUT2D eigenvalue weighted by molar-refractivity contribution is 5.94. The molecule has 0 aliphatic heterocycles. The average Bonchev–Trinajstić information content (AvgIpc) is 2.28. The Morgan fingerprint density at radius 3 is 2.29 bits per heavy atom. The van der Waals surface area contributed by atoms with Gasteiger partial charge in [-0.05, 0) is 47.2 Å². The molecular weight excluding hydrogens is 204 g/mol. The van der Waals surface area contributed by atoms with Crippen LogP contribution in [0.2, 0.25) is 0 Å². The zero-order chi connectivity index (χ0) is 12.4. The van der Waals surface area contributed by atoms with E-state index < -0.39 is 0 Å². The van der Waals surface area contributed by atoms with E-state index >= 15 is 0 Å². The number of allylic oxidation sites excluding steroid dienone is 1. The normalized spacial score (nSPS) is 11.8. The smallest absolute Gasteiger partial charge is 0.0108 e. The lowest BCUT2D eigenvalue weighted by Crippen LogP contribution is -1.95. The summed E-state index contributed by atoms with van der Waals surface area (Å²) in [5.41, 5.74) is 4.20. The molecular formula is C17H20. The van der Waals surface area contributed by atoms with Gasteiger partial charge in [-0.3, -0.25) is 0 Å². The van der Waals surface area contributed by atoms with Gasteiger partial charge in [0.1, 0.15) is 0 Å². The van der Waals surface area contributed by atoms with Crippen molar-refractivity contribution in [2.75, 3.05) is 0 Å². The van der Waals surface area contributed by atoms with Crippen molar-refractivity contribution in [1.29, 1.82) is 0 Å². The second-order valence-corrected chi connectivity index (χ2v) is 4.90. The monoisotopic (exact) mass is 224 g/mol. The summed E-state index contributed by atoms with van der Waals surface area (Å²) in [6.45, 7) is 8.82. The Morgan fingerprint density at radius 2 is 1.71 bits per heavy atom. The Kier molecular flexibility index (Phi) is 3.33. The van der Waals surface area contributed by atoms with Crippen LogP contribution in [0.15, 0.2) is 36.4 Å². The minimum atomic E-state index is 0.569. The summed E-state index contributed by atoms with van der Waals surface area (Å²) >= 11 is 0. The van der Waals surface area contributed by atoms with E-state index in [1.807, 2.05) is 0 Å². The average molecular weight is 224 g/mol. The van der Waals surface area contributed by atoms with Gasteiger partial charge >= 0.3 is 0 Å². The van der Waals surface area contributed by atoms with E-state index in [-0.39, 0.29) is 0 Å². The van der Waals surface area contributed by atoms with Crippen molar-refractivity contribution in [3.8, 4) is 0 Å². The fraction of sp³-hybridized carbons (Fsp3) is 0.294. The molecule has 0 bridgehead atoms. The summed E-state index contributed by atoms with van der Waals surface area (Å²) in [6.07, 6.45) is 4.30. The molecule has 0 saturated carbocycles. The van der Waals surface area contributed by atoms with Crippen LogP contribution in [-0.4, -0.2) is 0 Å². The lowest BCUT2D eigenvalue weighted by atomic mass is 9.89. The Hall–Kier alpha value is -1.56. The van der Waals surface area contributed by atoms with Crippen molar-refractivity contribution in [2.45, 2.75) is 33.6 Å². The molecule has 0 nitrogen and oxygen atoms in total. The van der Waals surface area contributed by atoms with E-state index in [2.05, 4.69) is 70.2 Å². The maximum absolute atomic E-state index is 2.30. The predicted molar refractivity (Wildman–Crippen MR) is 77.5 cm³/mol. The number of aryl methyl sites for hydroxylation is 1. The Morgan fingerprint density at radius 1 is 1.06 bits per heavy atom. The summed E-state index contributed by atoms with van der Waals surface area (Å²) < 4.78 is 0. The predicted octanol–water partition coefficient (Wildman–Crippen LogP) is 5.30. The van der Waals surface area contributed by atoms with Crippen LogP contribution >= 0.6 is 0 Å². The summed E-state index contributed by atoms with van der Waals surface area (Å²) in [7, 11) is 0. The molecule has 0 saturated heterocycles. The quantitative estimate of drug-likeness (QED) is 0.649. The van der Waals surface area contributed by atoms with Crippen LogP contribution in [0.25, 0.3) is 16.8 Å². The SMILES string of the molecule is CC=Cc1cc(C)c(C(C)C)c2ccccc12. The number of hydrogen-bond donors (Lipinski definition) is 0. The second kappa shape index (κ2) is 4.75. The summed E-state index contributed by atoms with van der Waals surface area (Å²) in [5, 5.41) is 2.76. The highest BCUT2D eigenvalue weighted by Crippen LogP contribution is 2.31. The van der Waals surface area contributed by atoms with Gasteiger partial charge in [0.15, 0.2) is 0 Å². The maximum atomic E-state index is 2.30. The molecule has 2 rings (SSSR count). The topological polar surface area (TPSA) is 0 Å². The minimum absolute atomic E-state index is 0.569. The van der Waals surface area contributed by atoms with Crippen molar-refractivity contribution >= 4 is 16.8 Å². The van der Waals surface area contributed by atoms with E-state index in [0.717, 1.165) is 0 Å². The summed E-state index contributed by atoms with van der Waals surface area (Å²) in [5.74, 6) is 0.569. The first-order valence-electron chi connectivity index (χ1n) is 6.30. The lowest BCUT2D eigenvalue weighted by molar-refractivity contribution is 0.866. The third-order valence-electron chi connectivity index (χ3n) is 3.25. The summed E-state index contributed by atoms with van der Waals surface area (Å²) in [4.78, 5) is 0. The van der Waals surface area contributed by atoms with E-state index in [4.69, 9.17) is 0 Å². The molecule has 17 heavy (non-hydrogen) atoms. The summed E-state index contributed by atoms with van der Waals surface area (Å²) in [6, 6.07) is 11.0. The highest BCUT2D eigenvalue weighted by Gasteiger charge is 2.10. The van der Waals surface area contributed by atoms with Crippen LogP contribution in [0.3, 0.4) is 0 Å². The van der Waals surface area contributed by atoms with Crippen molar-refractivity contribution in [2.24, 2.45) is 0 Å². The van der Waals surface area contributed by atoms with Crippen LogP contribution in [0.5, 0.6) is 0 Å². The number of fused-ring (bicyclic) bond motifs is 1. The van der Waals surface area contributed by atoms with Crippen LogP contribution < -0.4 is 0 Å². The van der Waals surface area contributed by atoms with Crippen LogP contribution in [0.1, 0.15) is 43.4 Å². The van der Waals surface area contributed by atoms with Crippen LogP contribution in [0.4, 0.5) is 0 Å². The first kappa shape index (κ1) is 11.9. The molecule has 0 heteroatoms. The fourth-order valence-corrected chi connectivity index (χ4v) is 2.65. The molecule has 0 heterocycles. The van der Waals surface area contributed by atoms with Gasteiger partial charge in [-0.1, -0.05) is 56.3 Å². The minimum Gasteiger partial charge on any atom is -0.0870 e. The van der Waals surface area contributed by atoms with Crippen molar-refractivity contribution in [1.82, 2.24) is 0 Å². The molecule has 0 atom stereocenters. The lowest BCUT2D eigenvalue weighted by Gasteiger charge is -2.16. The molecule has 0 N–H and O–H groups in total. The van der Waals surface area contributed by atoms with Gasteiger partial charge in [-0.15, -0.1) is 0 Å². The van der Waals surface area contributed by atoms with Crippen molar-refractivity contribution in [3.63, 3.8) is 0 Å². The first-order valence-corrected chi connectivity index (χ1v) is 6.30. The largest absolute Gasteiger partial charge is 0.0870 e. The van der Waals surface area contributed by atoms with Crippen molar-refractivity contribution < 1.29 is 0 Å². The molecule has 0 aromatic heterocycles. The Bertz CT molecular complexity index is 560. The fourth-order valence-electron chi connectivity index (χ4n) is 2.65. The van der Waals surface area contributed by atoms with E-state index in [9.17, 15) is 0 Å². The molecule has 0 aliphatic carbocycles. The molecule has 88 valence electrons. The molecule has 0 fully saturated rings. The second-order valence-electron chi connectivity index (χ2n) is 4.90. The zero-order valence-electron chi connectivity index (χ0n) is 11.1. The molecule has 0 spiro atoms. The third-order valence-corrected chi connectivity index (χ3v) is 3.25. The zero-order valence-corrected chi connectivity index (χ0v) is 11.1. The Balaban J connectivity index is 2.86. The van der Waals surface area contributed by atoms with Gasteiger partial charge < -0.3 is 0 Å². The van der Waals surface area contributed by atoms with Crippen molar-refractivity contribution in [3.05, 3.63) is 53.1 Å². The molecule has 0 amide bonds. The van der Waals surface area contributed by atoms with E-state index in [1.165, 1.54) is 27.5 Å². The number of rotatable bonds is 2. The van der Waals surface area contributed by atoms with Gasteiger partial charge in [0.25, 0.3) is 0 Å². The molecule has 0 radical (unpaired) electrons. The van der Waals surface area contributed by atoms with Gasteiger partial charge in [-0.25, -0.2) is 0 Å². The number of hydrogen-bond acceptors (Lipinski definition) is 0. The van der Waals surface area contributed by atoms with Crippen LogP contribution in [-0.2, 0) is 0 Å². The molecule has 0 unspecified atom stereocenters. The van der Waals surface area contributed by atoms with Crippen LogP contribution in [0, 0.1) is 6.92 Å². The van der Waals surface area contributed by atoms with Gasteiger partial charge in [-0.2, -0.15) is 0 Å². The molecule has 2 aromatic carbocycles. The van der Waals surface area contributed by atoms with E-state index in [1.54, 1.807) is 0 Å². The van der Waals surface area contributed by atoms with E-state index in [0.29, 0.717) is 5.92 Å². The molecule has 2 aromatic rings. The standard InChI is InChI=1S/C17H20/c1-5-8-14-11-13(4)17(12(2)3)16-10-7-6-9-15(14)16/h5-12H,1-4H3. The van der Waals surface area contributed by atoms with Gasteiger partial charge in [0.05, 0.1) is 0 Å². The highest BCUT2D eigenvalue weighted by atomic mass is 14.1.